The zero-order valence-corrected chi connectivity index (χ0v) is 11.8. The number of aromatic nitrogens is 2. The van der Waals surface area contributed by atoms with Gasteiger partial charge in [-0.25, -0.2) is 0 Å². The largest absolute Gasteiger partial charge is 0.472 e. The van der Waals surface area contributed by atoms with Gasteiger partial charge in [-0.2, -0.15) is 4.37 Å². The fourth-order valence-corrected chi connectivity index (χ4v) is 2.32. The molecule has 0 saturated carbocycles. The monoisotopic (exact) mass is 302 g/mol. The summed E-state index contributed by atoms with van der Waals surface area (Å²) in [7, 11) is 0. The molecule has 1 aliphatic rings. The summed E-state index contributed by atoms with van der Waals surface area (Å²) >= 11 is 1.07. The van der Waals surface area contributed by atoms with Crippen molar-refractivity contribution < 1.29 is 19.4 Å². The number of aliphatic hydroxyl groups excluding tert-OH is 1. The minimum absolute atomic E-state index is 0.0655. The van der Waals surface area contributed by atoms with Gasteiger partial charge in [-0.3, -0.25) is 4.79 Å². The zero-order valence-electron chi connectivity index (χ0n) is 11.0. The first-order valence-corrected chi connectivity index (χ1v) is 7.14. The molecule has 0 aliphatic carbocycles. The van der Waals surface area contributed by atoms with Crippen LogP contribution in [0.2, 0.25) is 0 Å². The van der Waals surface area contributed by atoms with Crippen LogP contribution in [-0.2, 0) is 9.53 Å². The van der Waals surface area contributed by atoms with Crippen LogP contribution < -0.4 is 15.4 Å². The molecule has 0 radical (unpaired) electrons. The van der Waals surface area contributed by atoms with Gasteiger partial charge in [-0.05, 0) is 6.42 Å². The van der Waals surface area contributed by atoms with Gasteiger partial charge in [-0.1, -0.05) is 0 Å². The predicted molar refractivity (Wildman–Crippen MR) is 72.9 cm³/mol. The summed E-state index contributed by atoms with van der Waals surface area (Å²) in [5, 5.41) is 9.69. The van der Waals surface area contributed by atoms with Crippen LogP contribution in [-0.4, -0.2) is 58.8 Å². The second kappa shape index (κ2) is 7.36. The number of amides is 1. The number of anilines is 1. The number of morpholine rings is 1. The maximum atomic E-state index is 10.6. The van der Waals surface area contributed by atoms with Crippen LogP contribution >= 0.6 is 11.7 Å². The molecule has 1 fully saturated rings. The van der Waals surface area contributed by atoms with E-state index in [0.717, 1.165) is 24.8 Å². The maximum absolute atomic E-state index is 10.6. The first-order chi connectivity index (χ1) is 9.66. The summed E-state index contributed by atoms with van der Waals surface area (Å²) in [4.78, 5) is 12.7. The fraction of sp³-hybridized carbons (Fsp3) is 0.727. The van der Waals surface area contributed by atoms with E-state index in [1.54, 1.807) is 0 Å². The number of nitrogens with two attached hydrogens (primary N) is 1. The van der Waals surface area contributed by atoms with Crippen LogP contribution in [0.3, 0.4) is 0 Å². The second-order valence-electron chi connectivity index (χ2n) is 4.46. The third kappa shape index (κ3) is 4.29. The van der Waals surface area contributed by atoms with Gasteiger partial charge in [-0.15, -0.1) is 4.37 Å². The van der Waals surface area contributed by atoms with E-state index in [-0.39, 0.29) is 19.4 Å². The van der Waals surface area contributed by atoms with Crippen molar-refractivity contribution in [2.75, 3.05) is 37.8 Å². The van der Waals surface area contributed by atoms with Crippen LogP contribution in [0.5, 0.6) is 5.88 Å². The van der Waals surface area contributed by atoms with Crippen molar-refractivity contribution in [2.24, 2.45) is 5.73 Å². The summed E-state index contributed by atoms with van der Waals surface area (Å²) in [6, 6.07) is 0. The summed E-state index contributed by atoms with van der Waals surface area (Å²) < 4.78 is 19.0. The summed E-state index contributed by atoms with van der Waals surface area (Å²) in [6.07, 6.45) is -0.336. The minimum atomic E-state index is -0.748. The van der Waals surface area contributed by atoms with E-state index >= 15 is 0 Å². The van der Waals surface area contributed by atoms with Crippen LogP contribution in [0, 0.1) is 0 Å². The highest BCUT2D eigenvalue weighted by molar-refractivity contribution is 6.99. The third-order valence-electron chi connectivity index (χ3n) is 2.89. The number of ether oxygens (including phenoxy) is 2. The quantitative estimate of drug-likeness (QED) is 0.690. The molecule has 1 aromatic heterocycles. The summed E-state index contributed by atoms with van der Waals surface area (Å²) in [5.74, 6) is 0.656. The first kappa shape index (κ1) is 14.9. The lowest BCUT2D eigenvalue weighted by Crippen LogP contribution is -2.36. The highest BCUT2D eigenvalue weighted by Crippen LogP contribution is 2.26. The van der Waals surface area contributed by atoms with Gasteiger partial charge < -0.3 is 25.2 Å². The molecule has 2 heterocycles. The number of carbonyl (C=O) groups is 1. The van der Waals surface area contributed by atoms with E-state index in [2.05, 4.69) is 8.75 Å². The minimum Gasteiger partial charge on any atom is -0.472 e. The lowest BCUT2D eigenvalue weighted by Gasteiger charge is -2.26. The number of nitrogens with zero attached hydrogens (tertiary/aromatic N) is 3. The number of hydrogen-bond acceptors (Lipinski definition) is 8. The van der Waals surface area contributed by atoms with E-state index < -0.39 is 12.0 Å². The van der Waals surface area contributed by atoms with Gasteiger partial charge in [0.25, 0.3) is 5.88 Å². The van der Waals surface area contributed by atoms with Crippen LogP contribution in [0.15, 0.2) is 0 Å². The topological polar surface area (TPSA) is 111 Å². The SMILES string of the molecule is NC(=O)CC[C@H](O)COc1nsnc1N1CCOCC1. The van der Waals surface area contributed by atoms with Gasteiger partial charge in [0, 0.05) is 19.5 Å². The molecular formula is C11H18N4O4S. The van der Waals surface area contributed by atoms with Crippen molar-refractivity contribution in [3.8, 4) is 5.88 Å². The Morgan fingerprint density at radius 1 is 1.50 bits per heavy atom. The highest BCUT2D eigenvalue weighted by Gasteiger charge is 2.20. The van der Waals surface area contributed by atoms with Crippen molar-refractivity contribution in [2.45, 2.75) is 18.9 Å². The predicted octanol–water partition coefficient (Wildman–Crippen LogP) is -0.620. The Bertz CT molecular complexity index is 436. The molecule has 20 heavy (non-hydrogen) atoms. The Balaban J connectivity index is 1.83. The standard InChI is InChI=1S/C11H18N4O4S/c12-9(17)2-1-8(16)7-19-11-10(13-20-14-11)15-3-5-18-6-4-15/h8,16H,1-7H2,(H2,12,17)/t8-/m0/s1. The van der Waals surface area contributed by atoms with Crippen LogP contribution in [0.1, 0.15) is 12.8 Å². The van der Waals surface area contributed by atoms with Crippen molar-refractivity contribution in [1.82, 2.24) is 8.75 Å². The smallest absolute Gasteiger partial charge is 0.270 e. The van der Waals surface area contributed by atoms with Gasteiger partial charge in [0.15, 0.2) is 0 Å². The Kier molecular flexibility index (Phi) is 5.50. The normalized spacial score (nSPS) is 16.9. The van der Waals surface area contributed by atoms with E-state index in [1.807, 2.05) is 4.90 Å². The van der Waals surface area contributed by atoms with Gasteiger partial charge in [0.05, 0.1) is 31.0 Å². The summed E-state index contributed by atoms with van der Waals surface area (Å²) in [5.41, 5.74) is 5.02. The molecule has 112 valence electrons. The van der Waals surface area contributed by atoms with Gasteiger partial charge in [0.1, 0.15) is 6.61 Å². The van der Waals surface area contributed by atoms with E-state index in [9.17, 15) is 9.90 Å². The number of aliphatic hydroxyl groups is 1. The van der Waals surface area contributed by atoms with Crippen molar-refractivity contribution >= 4 is 23.5 Å². The van der Waals surface area contributed by atoms with Gasteiger partial charge >= 0.3 is 0 Å². The number of rotatable bonds is 7. The van der Waals surface area contributed by atoms with Gasteiger partial charge in [0.2, 0.25) is 11.7 Å². The molecule has 0 spiro atoms. The lowest BCUT2D eigenvalue weighted by molar-refractivity contribution is -0.118. The number of hydrogen-bond donors (Lipinski definition) is 2. The average molecular weight is 302 g/mol. The molecule has 2 rings (SSSR count). The van der Waals surface area contributed by atoms with Crippen molar-refractivity contribution in [3.05, 3.63) is 0 Å². The van der Waals surface area contributed by atoms with E-state index in [1.165, 1.54) is 0 Å². The van der Waals surface area contributed by atoms with Crippen LogP contribution in [0.4, 0.5) is 5.82 Å². The molecule has 1 atom stereocenters. The van der Waals surface area contributed by atoms with E-state index in [4.69, 9.17) is 15.2 Å². The second-order valence-corrected chi connectivity index (χ2v) is 4.99. The average Bonchev–Trinajstić information content (AvgIpc) is 2.92. The molecule has 1 amide bonds. The number of primary amides is 1. The fourth-order valence-electron chi connectivity index (χ4n) is 1.80. The maximum Gasteiger partial charge on any atom is 0.270 e. The number of carbonyl (C=O) groups excluding carboxylic acids is 1. The molecule has 9 heteroatoms. The first-order valence-electron chi connectivity index (χ1n) is 6.41. The summed E-state index contributed by atoms with van der Waals surface area (Å²) in [6.45, 7) is 2.85. The highest BCUT2D eigenvalue weighted by atomic mass is 32.1. The molecule has 0 aromatic carbocycles. The van der Waals surface area contributed by atoms with E-state index in [0.29, 0.717) is 24.9 Å². The lowest BCUT2D eigenvalue weighted by atomic mass is 10.2. The molecule has 1 saturated heterocycles. The third-order valence-corrected chi connectivity index (χ3v) is 3.39. The van der Waals surface area contributed by atoms with Crippen LogP contribution in [0.25, 0.3) is 0 Å². The molecule has 1 aromatic rings. The van der Waals surface area contributed by atoms with Crippen molar-refractivity contribution in [1.29, 1.82) is 0 Å². The zero-order chi connectivity index (χ0) is 14.4. The molecule has 1 aliphatic heterocycles. The molecule has 8 nitrogen and oxygen atoms in total. The molecule has 0 bridgehead atoms. The molecule has 3 N–H and O–H groups in total. The van der Waals surface area contributed by atoms with Crippen molar-refractivity contribution in [3.63, 3.8) is 0 Å². The Morgan fingerprint density at radius 3 is 2.95 bits per heavy atom. The molecule has 0 unspecified atom stereocenters. The molecular weight excluding hydrogens is 284 g/mol. The Labute approximate surface area is 120 Å². The Morgan fingerprint density at radius 2 is 2.25 bits per heavy atom. The Hall–Kier alpha value is -1.45.